The molecule has 0 saturated heterocycles. The third-order valence-corrected chi connectivity index (χ3v) is 10.1. The van der Waals surface area contributed by atoms with E-state index >= 15 is 0 Å². The van der Waals surface area contributed by atoms with Gasteiger partial charge in [-0.2, -0.15) is 0 Å². The minimum Gasteiger partial charge on any atom is -0.466 e. The number of rotatable bonds is 41. The fraction of sp³-hybridized carbons (Fsp3) is 0.830. The molecule has 0 aromatic heterocycles. The summed E-state index contributed by atoms with van der Waals surface area (Å²) in [6, 6.07) is -0.647. The number of ether oxygens (including phenoxy) is 1. The predicted molar refractivity (Wildman–Crippen MR) is 227 cm³/mol. The molecule has 53 heavy (non-hydrogen) atoms. The average molecular weight is 746 g/mol. The van der Waals surface area contributed by atoms with Crippen molar-refractivity contribution in [3.05, 3.63) is 36.5 Å². The summed E-state index contributed by atoms with van der Waals surface area (Å²) in [5.74, 6) is -0.144. The zero-order chi connectivity index (χ0) is 38.7. The van der Waals surface area contributed by atoms with Gasteiger partial charge in [0.15, 0.2) is 0 Å². The first-order valence-corrected chi connectivity index (χ1v) is 22.8. The summed E-state index contributed by atoms with van der Waals surface area (Å²) in [5, 5.41) is 22.8. The Morgan fingerprint density at radius 2 is 0.887 bits per heavy atom. The molecule has 2 atom stereocenters. The number of hydrogen-bond donors (Lipinski definition) is 3. The number of nitrogens with one attached hydrogen (secondary N) is 1. The number of carbonyl (C=O) groups excluding carboxylic acids is 2. The summed E-state index contributed by atoms with van der Waals surface area (Å²) in [6.07, 6.45) is 50.0. The Morgan fingerprint density at radius 3 is 1.34 bits per heavy atom. The number of hydrogen-bond acceptors (Lipinski definition) is 5. The van der Waals surface area contributed by atoms with Gasteiger partial charge >= 0.3 is 5.97 Å². The molecule has 1 amide bonds. The number of amides is 1. The van der Waals surface area contributed by atoms with Gasteiger partial charge in [0.05, 0.1) is 25.4 Å². The predicted octanol–water partition coefficient (Wildman–Crippen LogP) is 12.9. The van der Waals surface area contributed by atoms with Gasteiger partial charge in [0.2, 0.25) is 5.91 Å². The van der Waals surface area contributed by atoms with Crippen molar-refractivity contribution in [3.8, 4) is 0 Å². The third kappa shape index (κ3) is 39.6. The van der Waals surface area contributed by atoms with E-state index in [0.29, 0.717) is 19.4 Å². The molecule has 0 heterocycles. The molecule has 0 aliphatic carbocycles. The first-order valence-electron chi connectivity index (χ1n) is 22.8. The Kier molecular flexibility index (Phi) is 41.3. The van der Waals surface area contributed by atoms with Crippen LogP contribution in [0.4, 0.5) is 0 Å². The largest absolute Gasteiger partial charge is 0.466 e. The summed E-state index contributed by atoms with van der Waals surface area (Å²) in [7, 11) is 0. The fourth-order valence-corrected chi connectivity index (χ4v) is 6.56. The van der Waals surface area contributed by atoms with Crippen molar-refractivity contribution in [2.45, 2.75) is 238 Å². The van der Waals surface area contributed by atoms with E-state index < -0.39 is 12.1 Å². The monoisotopic (exact) mass is 746 g/mol. The third-order valence-electron chi connectivity index (χ3n) is 10.1. The first kappa shape index (κ1) is 51.1. The van der Waals surface area contributed by atoms with Gasteiger partial charge in [0.1, 0.15) is 0 Å². The van der Waals surface area contributed by atoms with Crippen LogP contribution < -0.4 is 5.32 Å². The highest BCUT2D eigenvalue weighted by molar-refractivity contribution is 5.76. The second-order valence-electron chi connectivity index (χ2n) is 15.4. The van der Waals surface area contributed by atoms with Gasteiger partial charge in [-0.15, -0.1) is 0 Å². The smallest absolute Gasteiger partial charge is 0.305 e. The van der Waals surface area contributed by atoms with E-state index in [4.69, 9.17) is 4.74 Å². The Bertz CT molecular complexity index is 869. The molecule has 0 aromatic carbocycles. The molecule has 3 N–H and O–H groups in total. The molecule has 0 fully saturated rings. The molecule has 0 rings (SSSR count). The molecule has 6 heteroatoms. The summed E-state index contributed by atoms with van der Waals surface area (Å²) in [6.45, 7) is 4.77. The SMILES string of the molecule is CCCCCCCCC/C=C\CCCCCCCC(=O)OCCCC/C=C\CCCCCCCC(=O)NC(CO)C(O)/C=C/CCCCCCCCC. The lowest BCUT2D eigenvalue weighted by molar-refractivity contribution is -0.143. The lowest BCUT2D eigenvalue weighted by Crippen LogP contribution is -2.45. The number of esters is 1. The zero-order valence-electron chi connectivity index (χ0n) is 35.0. The highest BCUT2D eigenvalue weighted by Crippen LogP contribution is 2.13. The van der Waals surface area contributed by atoms with Crippen LogP contribution in [0.15, 0.2) is 36.5 Å². The van der Waals surface area contributed by atoms with E-state index in [1.165, 1.54) is 116 Å². The summed E-state index contributed by atoms with van der Waals surface area (Å²) in [5.41, 5.74) is 0. The maximum absolute atomic E-state index is 12.3. The van der Waals surface area contributed by atoms with Crippen molar-refractivity contribution in [1.82, 2.24) is 5.32 Å². The number of aliphatic hydroxyl groups excluding tert-OH is 2. The minimum absolute atomic E-state index is 0.0420. The fourth-order valence-electron chi connectivity index (χ4n) is 6.56. The molecule has 0 spiro atoms. The zero-order valence-corrected chi connectivity index (χ0v) is 35.0. The number of unbranched alkanes of at least 4 members (excludes halogenated alkanes) is 26. The van der Waals surface area contributed by atoms with E-state index in [2.05, 4.69) is 43.5 Å². The molecular weight excluding hydrogens is 659 g/mol. The highest BCUT2D eigenvalue weighted by Gasteiger charge is 2.18. The van der Waals surface area contributed by atoms with Crippen LogP contribution in [0.3, 0.4) is 0 Å². The van der Waals surface area contributed by atoms with Crippen molar-refractivity contribution in [2.24, 2.45) is 0 Å². The highest BCUT2D eigenvalue weighted by atomic mass is 16.5. The molecule has 2 unspecified atom stereocenters. The first-order chi connectivity index (χ1) is 26.0. The quantitative estimate of drug-likeness (QED) is 0.0329. The lowest BCUT2D eigenvalue weighted by atomic mass is 10.1. The van der Waals surface area contributed by atoms with Gasteiger partial charge < -0.3 is 20.3 Å². The molecule has 0 aliphatic rings. The van der Waals surface area contributed by atoms with E-state index in [-0.39, 0.29) is 18.5 Å². The molecule has 0 aliphatic heterocycles. The second kappa shape index (κ2) is 42.8. The molecule has 0 radical (unpaired) electrons. The van der Waals surface area contributed by atoms with Crippen LogP contribution in [0.25, 0.3) is 0 Å². The molecule has 0 saturated carbocycles. The summed E-state index contributed by atoms with van der Waals surface area (Å²) >= 11 is 0. The van der Waals surface area contributed by atoms with Crippen LogP contribution >= 0.6 is 0 Å². The number of allylic oxidation sites excluding steroid dienone is 5. The van der Waals surface area contributed by atoms with E-state index in [9.17, 15) is 19.8 Å². The van der Waals surface area contributed by atoms with Crippen molar-refractivity contribution >= 4 is 11.9 Å². The van der Waals surface area contributed by atoms with Gasteiger partial charge in [-0.1, -0.05) is 166 Å². The normalized spacial score (nSPS) is 13.1. The topological polar surface area (TPSA) is 95.9 Å². The Labute approximate surface area is 328 Å². The van der Waals surface area contributed by atoms with Crippen molar-refractivity contribution < 1.29 is 24.5 Å². The molecule has 0 aromatic rings. The van der Waals surface area contributed by atoms with Gasteiger partial charge in [-0.25, -0.2) is 0 Å². The van der Waals surface area contributed by atoms with Crippen LogP contribution in [-0.2, 0) is 14.3 Å². The van der Waals surface area contributed by atoms with Gasteiger partial charge in [0, 0.05) is 12.8 Å². The van der Waals surface area contributed by atoms with E-state index in [1.807, 2.05) is 6.08 Å². The van der Waals surface area contributed by atoms with Crippen LogP contribution in [0, 0.1) is 0 Å². The molecule has 0 bridgehead atoms. The molecule has 310 valence electrons. The summed E-state index contributed by atoms with van der Waals surface area (Å²) < 4.78 is 5.42. The Hall–Kier alpha value is -1.92. The standard InChI is InChI=1S/C47H87NO5/c1-3-5-7-9-11-13-14-15-16-17-18-21-25-29-33-37-41-47(52)53-42-38-34-30-26-22-19-20-24-28-32-36-40-46(51)48-44(43-49)45(50)39-35-31-27-23-12-10-8-6-4-2/h16-17,22,26,35,39,44-45,49-50H,3-15,18-21,23-25,27-34,36-38,40-43H2,1-2H3,(H,48,51)/b17-16-,26-22-,39-35+. The second-order valence-corrected chi connectivity index (χ2v) is 15.4. The van der Waals surface area contributed by atoms with Crippen molar-refractivity contribution in [3.63, 3.8) is 0 Å². The van der Waals surface area contributed by atoms with Crippen LogP contribution in [0.2, 0.25) is 0 Å². The van der Waals surface area contributed by atoms with Crippen LogP contribution in [0.1, 0.15) is 226 Å². The maximum Gasteiger partial charge on any atom is 0.305 e. The van der Waals surface area contributed by atoms with E-state index in [1.54, 1.807) is 6.08 Å². The molecular formula is C47H87NO5. The van der Waals surface area contributed by atoms with Crippen LogP contribution in [-0.4, -0.2) is 47.4 Å². The van der Waals surface area contributed by atoms with Crippen molar-refractivity contribution in [1.29, 1.82) is 0 Å². The Morgan fingerprint density at radius 1 is 0.509 bits per heavy atom. The van der Waals surface area contributed by atoms with Gasteiger partial charge in [-0.3, -0.25) is 9.59 Å². The van der Waals surface area contributed by atoms with Crippen LogP contribution in [0.5, 0.6) is 0 Å². The Balaban J connectivity index is 3.54. The number of carbonyl (C=O) groups is 2. The minimum atomic E-state index is -0.860. The average Bonchev–Trinajstić information content (AvgIpc) is 3.16. The lowest BCUT2D eigenvalue weighted by Gasteiger charge is -2.20. The van der Waals surface area contributed by atoms with Crippen molar-refractivity contribution in [2.75, 3.05) is 13.2 Å². The summed E-state index contributed by atoms with van der Waals surface area (Å²) in [4.78, 5) is 24.3. The van der Waals surface area contributed by atoms with E-state index in [0.717, 1.165) is 83.5 Å². The number of aliphatic hydroxyl groups is 2. The van der Waals surface area contributed by atoms with Gasteiger partial charge in [-0.05, 0) is 83.5 Å². The maximum atomic E-state index is 12.3. The van der Waals surface area contributed by atoms with Gasteiger partial charge in [0.25, 0.3) is 0 Å². The molecule has 6 nitrogen and oxygen atoms in total.